The number of nitrogens with one attached hydrogen (secondary N) is 1. The summed E-state index contributed by atoms with van der Waals surface area (Å²) < 4.78 is 2.81. The highest BCUT2D eigenvalue weighted by Crippen LogP contribution is 2.30. The van der Waals surface area contributed by atoms with Crippen molar-refractivity contribution in [1.82, 2.24) is 14.8 Å². The van der Waals surface area contributed by atoms with E-state index in [-0.39, 0.29) is 11.8 Å². The molecule has 3 rings (SSSR count). The predicted octanol–water partition coefficient (Wildman–Crippen LogP) is 2.58. The average molecular weight is 318 g/mol. The Bertz CT molecular complexity index is 759. The number of nitrogens with zero attached hydrogens (tertiary/aromatic N) is 3. The van der Waals surface area contributed by atoms with Crippen LogP contribution in [0.1, 0.15) is 24.3 Å². The highest BCUT2D eigenvalue weighted by Gasteiger charge is 2.19. The van der Waals surface area contributed by atoms with Crippen molar-refractivity contribution in [2.24, 2.45) is 7.05 Å². The monoisotopic (exact) mass is 318 g/mol. The Morgan fingerprint density at radius 2 is 1.95 bits per heavy atom. The van der Waals surface area contributed by atoms with Gasteiger partial charge in [0.05, 0.1) is 22.5 Å². The van der Waals surface area contributed by atoms with E-state index in [0.29, 0.717) is 0 Å². The van der Waals surface area contributed by atoms with E-state index in [4.69, 9.17) is 0 Å². The van der Waals surface area contributed by atoms with Crippen molar-refractivity contribution in [3.8, 4) is 5.75 Å². The summed E-state index contributed by atoms with van der Waals surface area (Å²) in [6.07, 6.45) is -0.688. The van der Waals surface area contributed by atoms with Crippen LogP contribution in [0.4, 0.5) is 5.13 Å². The lowest BCUT2D eigenvalue weighted by atomic mass is 10.0. The van der Waals surface area contributed by atoms with E-state index in [0.717, 1.165) is 26.7 Å². The smallest absolute Gasteiger partial charge is 0.185 e. The zero-order chi connectivity index (χ0) is 15.9. The summed E-state index contributed by atoms with van der Waals surface area (Å²) in [6.45, 7) is 3.85. The molecule has 22 heavy (non-hydrogen) atoms. The molecule has 0 aliphatic rings. The Morgan fingerprint density at radius 1 is 1.27 bits per heavy atom. The fraction of sp³-hybridized carbons (Fsp3) is 0.333. The Labute approximate surface area is 132 Å². The third-order valence-corrected chi connectivity index (χ3v) is 4.69. The van der Waals surface area contributed by atoms with Gasteiger partial charge in [0, 0.05) is 7.05 Å². The average Bonchev–Trinajstić information content (AvgIpc) is 3.01. The first-order valence-corrected chi connectivity index (χ1v) is 7.81. The molecule has 116 valence electrons. The van der Waals surface area contributed by atoms with Crippen LogP contribution in [0.2, 0.25) is 0 Å². The molecule has 0 amide bonds. The van der Waals surface area contributed by atoms with Crippen LogP contribution in [0.15, 0.2) is 24.3 Å². The normalized spacial score (nSPS) is 14.2. The maximum Gasteiger partial charge on any atom is 0.185 e. The maximum absolute atomic E-state index is 10.4. The standard InChI is InChI=1S/C15H18N4O2S/c1-8(12(21)10-4-6-11(20)7-5-10)16-15-17-14-13(22-15)9(2)18-19(14)3/h4-8,12,20-21H,1-3H3,(H,16,17)/t8-,12-/m1/s1. The summed E-state index contributed by atoms with van der Waals surface area (Å²) in [5.74, 6) is 0.186. The molecule has 7 heteroatoms. The Balaban J connectivity index is 1.78. The van der Waals surface area contributed by atoms with E-state index in [2.05, 4.69) is 15.4 Å². The number of hydrogen-bond donors (Lipinski definition) is 3. The molecule has 0 aliphatic carbocycles. The van der Waals surface area contributed by atoms with E-state index in [1.54, 1.807) is 28.9 Å². The van der Waals surface area contributed by atoms with Crippen molar-refractivity contribution < 1.29 is 10.2 Å². The molecule has 3 N–H and O–H groups in total. The fourth-order valence-corrected chi connectivity index (χ4v) is 3.41. The van der Waals surface area contributed by atoms with Gasteiger partial charge in [-0.15, -0.1) is 0 Å². The topological polar surface area (TPSA) is 83.2 Å². The van der Waals surface area contributed by atoms with Crippen LogP contribution in [0.5, 0.6) is 5.75 Å². The molecule has 0 spiro atoms. The predicted molar refractivity (Wildman–Crippen MR) is 87.3 cm³/mol. The molecule has 3 aromatic rings. The summed E-state index contributed by atoms with van der Waals surface area (Å²) >= 11 is 1.53. The molecule has 0 fully saturated rings. The molecule has 0 aliphatic heterocycles. The molecule has 1 aromatic carbocycles. The van der Waals surface area contributed by atoms with Crippen molar-refractivity contribution in [3.05, 3.63) is 35.5 Å². The first-order valence-electron chi connectivity index (χ1n) is 6.99. The lowest BCUT2D eigenvalue weighted by Crippen LogP contribution is -2.23. The molecular weight excluding hydrogens is 300 g/mol. The van der Waals surface area contributed by atoms with E-state index >= 15 is 0 Å². The number of phenols is 1. The molecular formula is C15H18N4O2S. The third-order valence-electron chi connectivity index (χ3n) is 3.60. The van der Waals surface area contributed by atoms with Crippen LogP contribution < -0.4 is 5.32 Å². The number of fused-ring (bicyclic) bond motifs is 1. The minimum atomic E-state index is -0.688. The summed E-state index contributed by atoms with van der Waals surface area (Å²) in [6, 6.07) is 6.35. The number of aromatic hydroxyl groups is 1. The largest absolute Gasteiger partial charge is 0.508 e. The van der Waals surface area contributed by atoms with E-state index in [9.17, 15) is 10.2 Å². The van der Waals surface area contributed by atoms with Crippen molar-refractivity contribution in [1.29, 1.82) is 0 Å². The van der Waals surface area contributed by atoms with Crippen LogP contribution in [-0.4, -0.2) is 31.0 Å². The van der Waals surface area contributed by atoms with Crippen LogP contribution in [0.3, 0.4) is 0 Å². The second-order valence-electron chi connectivity index (χ2n) is 5.35. The van der Waals surface area contributed by atoms with Crippen molar-refractivity contribution in [3.63, 3.8) is 0 Å². The molecule has 2 atom stereocenters. The number of aliphatic hydroxyl groups excluding tert-OH is 1. The van der Waals surface area contributed by atoms with Crippen molar-refractivity contribution in [2.45, 2.75) is 26.0 Å². The van der Waals surface area contributed by atoms with E-state index in [1.165, 1.54) is 11.3 Å². The van der Waals surface area contributed by atoms with E-state index in [1.807, 2.05) is 20.9 Å². The van der Waals surface area contributed by atoms with Gasteiger partial charge in [-0.05, 0) is 31.5 Å². The Hall–Kier alpha value is -2.12. The summed E-state index contributed by atoms with van der Waals surface area (Å²) in [5.41, 5.74) is 2.54. The molecule has 0 unspecified atom stereocenters. The van der Waals surface area contributed by atoms with Gasteiger partial charge in [0.25, 0.3) is 0 Å². The van der Waals surface area contributed by atoms with Gasteiger partial charge in [-0.2, -0.15) is 5.10 Å². The molecule has 0 radical (unpaired) electrons. The zero-order valence-corrected chi connectivity index (χ0v) is 13.4. The molecule has 0 saturated carbocycles. The third kappa shape index (κ3) is 2.65. The van der Waals surface area contributed by atoms with Crippen molar-refractivity contribution >= 4 is 26.8 Å². The van der Waals surface area contributed by atoms with Crippen LogP contribution in [-0.2, 0) is 7.05 Å². The van der Waals surface area contributed by atoms with E-state index < -0.39 is 6.10 Å². The minimum absolute atomic E-state index is 0.186. The quantitative estimate of drug-likeness (QED) is 0.688. The van der Waals surface area contributed by atoms with Gasteiger partial charge in [0.2, 0.25) is 0 Å². The number of rotatable bonds is 4. The summed E-state index contributed by atoms with van der Waals surface area (Å²) in [4.78, 5) is 4.52. The number of aromatic nitrogens is 3. The fourth-order valence-electron chi connectivity index (χ4n) is 2.38. The number of aliphatic hydroxyl groups is 1. The number of thiazole rings is 1. The van der Waals surface area contributed by atoms with Crippen LogP contribution in [0.25, 0.3) is 10.3 Å². The summed E-state index contributed by atoms with van der Waals surface area (Å²) in [5, 5.41) is 28.0. The molecule has 6 nitrogen and oxygen atoms in total. The van der Waals surface area contributed by atoms with Gasteiger partial charge in [0.1, 0.15) is 5.75 Å². The van der Waals surface area contributed by atoms with Gasteiger partial charge in [-0.25, -0.2) is 9.67 Å². The number of benzene rings is 1. The van der Waals surface area contributed by atoms with Crippen LogP contribution in [0, 0.1) is 6.92 Å². The van der Waals surface area contributed by atoms with Gasteiger partial charge in [-0.1, -0.05) is 23.5 Å². The lowest BCUT2D eigenvalue weighted by Gasteiger charge is -2.20. The Morgan fingerprint density at radius 3 is 2.59 bits per heavy atom. The van der Waals surface area contributed by atoms with Gasteiger partial charge < -0.3 is 15.5 Å². The maximum atomic E-state index is 10.4. The number of aryl methyl sites for hydroxylation is 2. The molecule has 2 aromatic heterocycles. The SMILES string of the molecule is Cc1nn(C)c2nc(N[C@H](C)[C@@H](O)c3ccc(O)cc3)sc12. The first kappa shape index (κ1) is 14.8. The van der Waals surface area contributed by atoms with Gasteiger partial charge >= 0.3 is 0 Å². The number of hydrogen-bond acceptors (Lipinski definition) is 6. The van der Waals surface area contributed by atoms with Gasteiger partial charge in [-0.3, -0.25) is 0 Å². The van der Waals surface area contributed by atoms with Gasteiger partial charge in [0.15, 0.2) is 10.8 Å². The van der Waals surface area contributed by atoms with Crippen molar-refractivity contribution in [2.75, 3.05) is 5.32 Å². The van der Waals surface area contributed by atoms with Crippen LogP contribution >= 0.6 is 11.3 Å². The molecule has 2 heterocycles. The summed E-state index contributed by atoms with van der Waals surface area (Å²) in [7, 11) is 1.87. The molecule has 0 saturated heterocycles. The zero-order valence-electron chi connectivity index (χ0n) is 12.6. The minimum Gasteiger partial charge on any atom is -0.508 e. The Kier molecular flexibility index (Phi) is 3.76. The first-order chi connectivity index (χ1) is 10.5. The number of phenolic OH excluding ortho intramolecular Hbond substituents is 1. The second-order valence-corrected chi connectivity index (χ2v) is 6.35. The highest BCUT2D eigenvalue weighted by atomic mass is 32.1. The number of anilines is 1. The lowest BCUT2D eigenvalue weighted by molar-refractivity contribution is 0.160. The molecule has 0 bridgehead atoms. The second kappa shape index (κ2) is 5.58. The highest BCUT2D eigenvalue weighted by molar-refractivity contribution is 7.22.